The van der Waals surface area contributed by atoms with Gasteiger partial charge in [-0.25, -0.2) is 17.6 Å². The summed E-state index contributed by atoms with van der Waals surface area (Å²) in [6, 6.07) is 13.7. The van der Waals surface area contributed by atoms with Gasteiger partial charge in [-0.1, -0.05) is 12.1 Å². The molecule has 2 rings (SSSR count). The summed E-state index contributed by atoms with van der Waals surface area (Å²) >= 11 is 0. The van der Waals surface area contributed by atoms with Crippen LogP contribution in [0.3, 0.4) is 0 Å². The Hall–Kier alpha value is -5.88. The molecule has 0 aromatic heterocycles. The van der Waals surface area contributed by atoms with Crippen molar-refractivity contribution in [3.63, 3.8) is 0 Å². The summed E-state index contributed by atoms with van der Waals surface area (Å²) in [6.45, 7) is 0. The third kappa shape index (κ3) is 5.13. The van der Waals surface area contributed by atoms with E-state index in [1.54, 1.807) is 19.0 Å². The molecule has 178 valence electrons. The van der Waals surface area contributed by atoms with Gasteiger partial charge in [-0.3, -0.25) is 0 Å². The lowest BCUT2D eigenvalue weighted by molar-refractivity contribution is 0.434. The first kappa shape index (κ1) is 27.4. The van der Waals surface area contributed by atoms with Crippen molar-refractivity contribution in [2.24, 2.45) is 0 Å². The maximum absolute atomic E-state index is 15.4. The van der Waals surface area contributed by atoms with E-state index >= 15 is 17.6 Å². The summed E-state index contributed by atoms with van der Waals surface area (Å²) in [4.78, 5) is 1.66. The maximum atomic E-state index is 15.4. The Labute approximate surface area is 208 Å². The predicted molar refractivity (Wildman–Crippen MR) is 121 cm³/mol. The Kier molecular flexibility index (Phi) is 8.51. The molecule has 2 aromatic rings. The van der Waals surface area contributed by atoms with Crippen molar-refractivity contribution in [2.45, 2.75) is 0 Å². The van der Waals surface area contributed by atoms with Gasteiger partial charge in [0.15, 0.2) is 23.3 Å². The molecule has 0 aliphatic heterocycles. The van der Waals surface area contributed by atoms with Crippen LogP contribution in [0, 0.1) is 91.3 Å². The van der Waals surface area contributed by atoms with Gasteiger partial charge < -0.3 is 4.90 Å². The lowest BCUT2D eigenvalue weighted by atomic mass is 9.90. The van der Waals surface area contributed by atoms with E-state index in [2.05, 4.69) is 0 Å². The van der Waals surface area contributed by atoms with Crippen LogP contribution < -0.4 is 15.3 Å². The minimum absolute atomic E-state index is 0.149. The highest BCUT2D eigenvalue weighted by atomic mass is 19.2. The second-order valence-electron chi connectivity index (χ2n) is 7.21. The molecule has 0 amide bonds. The van der Waals surface area contributed by atoms with Crippen LogP contribution in [0.4, 0.5) is 23.2 Å². The molecule has 37 heavy (non-hydrogen) atoms. The van der Waals surface area contributed by atoms with Gasteiger partial charge in [-0.15, -0.1) is 0 Å². The third-order valence-corrected chi connectivity index (χ3v) is 4.95. The summed E-state index contributed by atoms with van der Waals surface area (Å²) in [6.07, 6.45) is 0.682. The molecule has 0 spiro atoms. The number of nitrogens with zero attached hydrogens (tertiary/aromatic N) is 7. The number of anilines is 1. The zero-order valence-corrected chi connectivity index (χ0v) is 19.0. The average Bonchev–Trinajstić information content (AvgIpc) is 2.90. The number of allylic oxidation sites excluding steroid dienone is 4. The van der Waals surface area contributed by atoms with E-state index in [9.17, 15) is 21.0 Å². The minimum atomic E-state index is -2.08. The summed E-state index contributed by atoms with van der Waals surface area (Å²) in [5.41, 5.74) is -3.73. The first-order chi connectivity index (χ1) is 17.6. The van der Waals surface area contributed by atoms with Crippen LogP contribution in [-0.4, -0.2) is 14.1 Å². The molecule has 7 nitrogen and oxygen atoms in total. The molecule has 0 heterocycles. The van der Waals surface area contributed by atoms with E-state index < -0.39 is 61.6 Å². The fourth-order valence-corrected chi connectivity index (χ4v) is 3.22. The summed E-state index contributed by atoms with van der Waals surface area (Å²) in [5, 5.41) is 52.4. The number of hydrogen-bond acceptors (Lipinski definition) is 7. The molecular formula is C26H11F4N7. The predicted octanol–water partition coefficient (Wildman–Crippen LogP) is 3.02. The van der Waals surface area contributed by atoms with Crippen molar-refractivity contribution < 1.29 is 17.6 Å². The van der Waals surface area contributed by atoms with Crippen LogP contribution in [0.1, 0.15) is 5.56 Å². The lowest BCUT2D eigenvalue weighted by Gasteiger charge is -2.16. The van der Waals surface area contributed by atoms with E-state index in [-0.39, 0.29) is 5.56 Å². The molecule has 0 radical (unpaired) electrons. The van der Waals surface area contributed by atoms with E-state index in [4.69, 9.17) is 10.5 Å². The molecular weight excluding hydrogens is 486 g/mol. The fourth-order valence-electron chi connectivity index (χ4n) is 3.22. The number of hydrogen-bond donors (Lipinski definition) is 0. The van der Waals surface area contributed by atoms with Crippen molar-refractivity contribution in [3.8, 4) is 36.4 Å². The Morgan fingerprint density at radius 1 is 0.676 bits per heavy atom. The first-order valence-electron chi connectivity index (χ1n) is 9.86. The van der Waals surface area contributed by atoms with Gasteiger partial charge in [0.05, 0.1) is 10.4 Å². The van der Waals surface area contributed by atoms with Gasteiger partial charge in [0.1, 0.15) is 53.1 Å². The topological polar surface area (TPSA) is 146 Å². The van der Waals surface area contributed by atoms with Crippen LogP contribution >= 0.6 is 0 Å². The van der Waals surface area contributed by atoms with Gasteiger partial charge in [0, 0.05) is 30.9 Å². The Morgan fingerprint density at radius 3 is 1.51 bits per heavy atom. The van der Waals surface area contributed by atoms with E-state index in [0.29, 0.717) is 11.8 Å². The molecule has 0 fully saturated rings. The van der Waals surface area contributed by atoms with Crippen LogP contribution in [0.25, 0.3) is 11.1 Å². The number of benzene rings is 2. The van der Waals surface area contributed by atoms with Crippen molar-refractivity contribution in [2.75, 3.05) is 19.0 Å². The summed E-state index contributed by atoms with van der Waals surface area (Å²) < 4.78 is 60.9. The van der Waals surface area contributed by atoms with Gasteiger partial charge in [0.25, 0.3) is 0 Å². The van der Waals surface area contributed by atoms with Crippen molar-refractivity contribution in [1.82, 2.24) is 0 Å². The van der Waals surface area contributed by atoms with Crippen LogP contribution in [0.15, 0.2) is 47.1 Å². The van der Waals surface area contributed by atoms with E-state index in [1.807, 2.05) is 0 Å². The largest absolute Gasteiger partial charge is 0.378 e. The van der Waals surface area contributed by atoms with E-state index in [0.717, 1.165) is 12.1 Å². The van der Waals surface area contributed by atoms with Crippen molar-refractivity contribution >= 4 is 16.8 Å². The number of nitriles is 6. The molecule has 0 saturated heterocycles. The first-order valence-corrected chi connectivity index (χ1v) is 9.86. The normalized spacial score (nSPS) is 9.19. The summed E-state index contributed by atoms with van der Waals surface area (Å²) in [7, 11) is 3.37. The van der Waals surface area contributed by atoms with Gasteiger partial charge in [-0.05, 0) is 23.8 Å². The Balaban J connectivity index is 3.45. The second kappa shape index (κ2) is 11.5. The monoisotopic (exact) mass is 497 g/mol. The number of rotatable bonds is 4. The standard InChI is InChI=1S/C26H11F4N7/c1-37(2)18-5-3-15(4-6-18)20(19(16(10-33)11-34)7-14(8-31)9-32)22-25(29)23(27)21(17(12-35)13-36)24(28)26(22)30/h3-7H,1-2H3. The molecule has 2 aromatic carbocycles. The fraction of sp³-hybridized carbons (Fsp3) is 0.0769. The molecule has 0 atom stereocenters. The highest BCUT2D eigenvalue weighted by Crippen LogP contribution is 2.28. The minimum Gasteiger partial charge on any atom is -0.378 e. The lowest BCUT2D eigenvalue weighted by Crippen LogP contribution is -2.32. The average molecular weight is 497 g/mol. The van der Waals surface area contributed by atoms with Crippen molar-refractivity contribution in [3.05, 3.63) is 86.3 Å². The summed E-state index contributed by atoms with van der Waals surface area (Å²) in [5.74, 6) is -8.23. The third-order valence-electron chi connectivity index (χ3n) is 4.95. The second-order valence-corrected chi connectivity index (χ2v) is 7.21. The highest BCUT2D eigenvalue weighted by molar-refractivity contribution is 5.86. The Bertz CT molecular complexity index is 1660. The van der Waals surface area contributed by atoms with Crippen molar-refractivity contribution in [1.29, 1.82) is 31.6 Å². The maximum Gasteiger partial charge on any atom is 0.171 e. The zero-order valence-electron chi connectivity index (χ0n) is 19.0. The number of halogens is 4. The molecule has 0 N–H and O–H groups in total. The van der Waals surface area contributed by atoms with Crippen LogP contribution in [0.5, 0.6) is 0 Å². The van der Waals surface area contributed by atoms with Gasteiger partial charge >= 0.3 is 0 Å². The van der Waals surface area contributed by atoms with Crippen LogP contribution in [-0.2, 0) is 0 Å². The smallest absolute Gasteiger partial charge is 0.171 e. The SMILES string of the molecule is CN(C)c1ccc(C(C(C=C(C#N)C#N)=C(C#N)C#N)=c2c(F)c(F)c(=C(C#N)C#N)c(F)c2F)cc1. The van der Waals surface area contributed by atoms with E-state index in [1.165, 1.54) is 48.5 Å². The molecule has 0 aliphatic carbocycles. The molecule has 11 heteroatoms. The zero-order chi connectivity index (χ0) is 27.9. The molecule has 0 saturated carbocycles. The highest BCUT2D eigenvalue weighted by Gasteiger charge is 2.25. The van der Waals surface area contributed by atoms with Crippen LogP contribution in [0.2, 0.25) is 0 Å². The molecule has 0 aliphatic rings. The molecule has 0 unspecified atom stereocenters. The molecule has 0 bridgehead atoms. The Morgan fingerprint density at radius 2 is 1.14 bits per heavy atom. The van der Waals surface area contributed by atoms with Gasteiger partial charge in [0.2, 0.25) is 0 Å². The quantitative estimate of drug-likeness (QED) is 0.273. The van der Waals surface area contributed by atoms with Gasteiger partial charge in [-0.2, -0.15) is 31.6 Å².